The highest BCUT2D eigenvalue weighted by molar-refractivity contribution is 6.30. The minimum absolute atomic E-state index is 0.00459. The van der Waals surface area contributed by atoms with E-state index < -0.39 is 5.56 Å². The monoisotopic (exact) mass is 174 g/mol. The second-order valence-electron chi connectivity index (χ2n) is 2.01. The fraction of sp³-hybridized carbons (Fsp3) is 0.333. The van der Waals surface area contributed by atoms with Gasteiger partial charge >= 0.3 is 0 Å². The number of aliphatic hydroxyl groups is 1. The predicted molar refractivity (Wildman–Crippen MR) is 40.7 cm³/mol. The van der Waals surface area contributed by atoms with E-state index in [-0.39, 0.29) is 11.6 Å². The van der Waals surface area contributed by atoms with Gasteiger partial charge in [-0.05, 0) is 6.07 Å². The molecule has 1 aromatic rings. The zero-order valence-corrected chi connectivity index (χ0v) is 6.43. The molecule has 0 saturated carbocycles. The second kappa shape index (κ2) is 3.50. The Morgan fingerprint density at radius 2 is 2.45 bits per heavy atom. The van der Waals surface area contributed by atoms with Crippen molar-refractivity contribution >= 4 is 11.6 Å². The molecule has 0 aliphatic heterocycles. The molecule has 0 unspecified atom stereocenters. The molecular formula is C6H7ClN2O2. The van der Waals surface area contributed by atoms with Gasteiger partial charge in [0.25, 0.3) is 5.56 Å². The van der Waals surface area contributed by atoms with Gasteiger partial charge in [0.05, 0.1) is 5.69 Å². The van der Waals surface area contributed by atoms with Gasteiger partial charge in [-0.2, -0.15) is 5.10 Å². The number of aromatic amines is 1. The van der Waals surface area contributed by atoms with E-state index in [2.05, 4.69) is 10.2 Å². The van der Waals surface area contributed by atoms with Crippen molar-refractivity contribution in [2.45, 2.75) is 6.42 Å². The summed E-state index contributed by atoms with van der Waals surface area (Å²) in [6, 6.07) is 1.44. The lowest BCUT2D eigenvalue weighted by atomic mass is 10.3. The molecule has 0 aromatic carbocycles. The highest BCUT2D eigenvalue weighted by Gasteiger charge is 1.98. The smallest absolute Gasteiger partial charge is 0.282 e. The Balaban J connectivity index is 2.96. The van der Waals surface area contributed by atoms with Gasteiger partial charge in [0.15, 0.2) is 0 Å². The van der Waals surface area contributed by atoms with Crippen LogP contribution in [-0.2, 0) is 6.42 Å². The van der Waals surface area contributed by atoms with Gasteiger partial charge in [-0.1, -0.05) is 11.6 Å². The normalized spacial score (nSPS) is 10.0. The van der Waals surface area contributed by atoms with Crippen LogP contribution in [-0.4, -0.2) is 21.9 Å². The third-order valence-corrected chi connectivity index (χ3v) is 1.46. The van der Waals surface area contributed by atoms with E-state index in [0.29, 0.717) is 12.1 Å². The molecule has 0 atom stereocenters. The van der Waals surface area contributed by atoms with Crippen molar-refractivity contribution in [3.8, 4) is 0 Å². The first-order valence-corrected chi connectivity index (χ1v) is 3.47. The Labute approximate surface area is 67.8 Å². The lowest BCUT2D eigenvalue weighted by Crippen LogP contribution is -2.10. The van der Waals surface area contributed by atoms with Gasteiger partial charge in [0, 0.05) is 13.0 Å². The number of nitrogens with one attached hydrogen (secondary N) is 1. The zero-order valence-electron chi connectivity index (χ0n) is 5.67. The highest BCUT2D eigenvalue weighted by Crippen LogP contribution is 2.01. The van der Waals surface area contributed by atoms with E-state index in [1.165, 1.54) is 6.07 Å². The molecule has 0 amide bonds. The van der Waals surface area contributed by atoms with Gasteiger partial charge in [-0.25, -0.2) is 5.10 Å². The summed E-state index contributed by atoms with van der Waals surface area (Å²) in [6.07, 6.45) is 0.399. The molecule has 2 N–H and O–H groups in total. The lowest BCUT2D eigenvalue weighted by molar-refractivity contribution is 0.297. The maximum atomic E-state index is 10.7. The van der Waals surface area contributed by atoms with E-state index in [9.17, 15) is 4.79 Å². The number of rotatable bonds is 2. The molecule has 60 valence electrons. The quantitative estimate of drug-likeness (QED) is 0.661. The third-order valence-electron chi connectivity index (χ3n) is 1.18. The van der Waals surface area contributed by atoms with Crippen LogP contribution in [0.3, 0.4) is 0 Å². The number of H-pyrrole nitrogens is 1. The molecular weight excluding hydrogens is 168 g/mol. The molecule has 0 bridgehead atoms. The van der Waals surface area contributed by atoms with Crippen LogP contribution in [0, 0.1) is 0 Å². The summed E-state index contributed by atoms with van der Waals surface area (Å²) in [5.41, 5.74) is 0.172. The fourth-order valence-electron chi connectivity index (χ4n) is 0.663. The Bertz CT molecular complexity index is 297. The van der Waals surface area contributed by atoms with Crippen LogP contribution in [0.5, 0.6) is 0 Å². The van der Waals surface area contributed by atoms with Crippen molar-refractivity contribution in [1.82, 2.24) is 10.2 Å². The van der Waals surface area contributed by atoms with E-state index in [4.69, 9.17) is 16.7 Å². The van der Waals surface area contributed by atoms with Gasteiger partial charge in [0.2, 0.25) is 0 Å². The summed E-state index contributed by atoms with van der Waals surface area (Å²) in [4.78, 5) is 10.7. The number of aromatic nitrogens is 2. The minimum Gasteiger partial charge on any atom is -0.396 e. The maximum absolute atomic E-state index is 10.7. The first-order chi connectivity index (χ1) is 5.24. The molecule has 0 radical (unpaired) electrons. The number of nitrogens with zero attached hydrogens (tertiary/aromatic N) is 1. The van der Waals surface area contributed by atoms with Crippen molar-refractivity contribution in [1.29, 1.82) is 0 Å². The average molecular weight is 175 g/mol. The summed E-state index contributed by atoms with van der Waals surface area (Å²) >= 11 is 5.48. The minimum atomic E-state index is -0.409. The number of hydrogen-bond acceptors (Lipinski definition) is 3. The van der Waals surface area contributed by atoms with Crippen molar-refractivity contribution in [3.63, 3.8) is 0 Å². The van der Waals surface area contributed by atoms with Gasteiger partial charge in [-0.3, -0.25) is 4.79 Å². The first kappa shape index (κ1) is 8.23. The predicted octanol–water partition coefficient (Wildman–Crippen LogP) is -0.0419. The van der Waals surface area contributed by atoms with Crippen molar-refractivity contribution < 1.29 is 5.11 Å². The van der Waals surface area contributed by atoms with Crippen LogP contribution in [0.4, 0.5) is 0 Å². The number of aliphatic hydroxyl groups excluding tert-OH is 1. The third kappa shape index (κ3) is 2.03. The molecule has 1 aromatic heterocycles. The molecule has 4 nitrogen and oxygen atoms in total. The first-order valence-electron chi connectivity index (χ1n) is 3.09. The zero-order chi connectivity index (χ0) is 8.27. The summed E-state index contributed by atoms with van der Waals surface area (Å²) < 4.78 is 0. The number of halogens is 1. The Morgan fingerprint density at radius 1 is 1.73 bits per heavy atom. The van der Waals surface area contributed by atoms with Gasteiger partial charge in [0.1, 0.15) is 5.02 Å². The molecule has 0 spiro atoms. The van der Waals surface area contributed by atoms with Crippen LogP contribution >= 0.6 is 11.6 Å². The second-order valence-corrected chi connectivity index (χ2v) is 2.42. The van der Waals surface area contributed by atoms with Crippen LogP contribution in [0.25, 0.3) is 0 Å². The summed E-state index contributed by atoms with van der Waals surface area (Å²) in [5.74, 6) is 0. The summed E-state index contributed by atoms with van der Waals surface area (Å²) in [6.45, 7) is -0.00459. The summed E-state index contributed by atoms with van der Waals surface area (Å²) in [7, 11) is 0. The average Bonchev–Trinajstić information content (AvgIpc) is 1.98. The van der Waals surface area contributed by atoms with Gasteiger partial charge in [-0.15, -0.1) is 0 Å². The molecule has 0 aliphatic carbocycles. The molecule has 0 fully saturated rings. The van der Waals surface area contributed by atoms with Gasteiger partial charge < -0.3 is 5.11 Å². The fourth-order valence-corrected chi connectivity index (χ4v) is 0.831. The Kier molecular flexibility index (Phi) is 2.62. The van der Waals surface area contributed by atoms with E-state index >= 15 is 0 Å². The van der Waals surface area contributed by atoms with Crippen LogP contribution < -0.4 is 5.56 Å². The largest absolute Gasteiger partial charge is 0.396 e. The highest BCUT2D eigenvalue weighted by atomic mass is 35.5. The molecule has 5 heteroatoms. The topological polar surface area (TPSA) is 66.0 Å². The van der Waals surface area contributed by atoms with Crippen LogP contribution in [0.2, 0.25) is 5.02 Å². The molecule has 0 aliphatic rings. The van der Waals surface area contributed by atoms with Crippen molar-refractivity contribution in [2.75, 3.05) is 6.61 Å². The molecule has 11 heavy (non-hydrogen) atoms. The Hall–Kier alpha value is -0.870. The molecule has 1 heterocycles. The van der Waals surface area contributed by atoms with Crippen molar-refractivity contribution in [3.05, 3.63) is 27.1 Å². The van der Waals surface area contributed by atoms with Crippen LogP contribution in [0.15, 0.2) is 10.9 Å². The van der Waals surface area contributed by atoms with E-state index in [1.807, 2.05) is 0 Å². The lowest BCUT2D eigenvalue weighted by Gasteiger charge is -1.94. The van der Waals surface area contributed by atoms with E-state index in [0.717, 1.165) is 0 Å². The van der Waals surface area contributed by atoms with E-state index in [1.54, 1.807) is 0 Å². The number of hydrogen-bond donors (Lipinski definition) is 2. The van der Waals surface area contributed by atoms with Crippen molar-refractivity contribution in [2.24, 2.45) is 0 Å². The maximum Gasteiger partial charge on any atom is 0.282 e. The van der Waals surface area contributed by atoms with Crippen LogP contribution in [0.1, 0.15) is 5.69 Å². The molecule has 0 saturated heterocycles. The summed E-state index contributed by atoms with van der Waals surface area (Å²) in [5, 5.41) is 14.5. The Morgan fingerprint density at radius 3 is 3.00 bits per heavy atom. The standard InChI is InChI=1S/C6H7ClN2O2/c7-5-3-4(1-2-10)8-9-6(5)11/h3,10H,1-2H2,(H,9,11). The SMILES string of the molecule is O=c1[nH]nc(CCO)cc1Cl. The molecule has 1 rings (SSSR count).